The molecule has 0 saturated heterocycles. The highest BCUT2D eigenvalue weighted by Crippen LogP contribution is 2.20. The predicted octanol–water partition coefficient (Wildman–Crippen LogP) is 4.68. The summed E-state index contributed by atoms with van der Waals surface area (Å²) in [5, 5.41) is 3.28. The summed E-state index contributed by atoms with van der Waals surface area (Å²) in [6.45, 7) is 1.97. The van der Waals surface area contributed by atoms with E-state index in [0.29, 0.717) is 5.88 Å². The number of rotatable bonds is 4. The standard InChI is InChI=1S/C14H14BrClN2/c1-10-13(15)6-7-14(17-10)18-12-4-2-11(3-5-12)8-9-16/h2-7H,8-9H2,1H3,(H,17,18). The maximum absolute atomic E-state index is 5.71. The summed E-state index contributed by atoms with van der Waals surface area (Å²) in [7, 11) is 0. The highest BCUT2D eigenvalue weighted by atomic mass is 79.9. The Bertz CT molecular complexity index is 526. The molecule has 18 heavy (non-hydrogen) atoms. The van der Waals surface area contributed by atoms with Gasteiger partial charge in [0, 0.05) is 16.0 Å². The zero-order valence-electron chi connectivity index (χ0n) is 10.1. The van der Waals surface area contributed by atoms with E-state index in [1.165, 1.54) is 5.56 Å². The molecule has 4 heteroatoms. The molecule has 0 fully saturated rings. The molecule has 0 bridgehead atoms. The number of hydrogen-bond donors (Lipinski definition) is 1. The number of anilines is 2. The first-order chi connectivity index (χ1) is 8.69. The van der Waals surface area contributed by atoms with Gasteiger partial charge in [-0.2, -0.15) is 0 Å². The molecular weight excluding hydrogens is 312 g/mol. The van der Waals surface area contributed by atoms with Crippen molar-refractivity contribution in [3.8, 4) is 0 Å². The topological polar surface area (TPSA) is 24.9 Å². The van der Waals surface area contributed by atoms with Crippen LogP contribution in [0.5, 0.6) is 0 Å². The van der Waals surface area contributed by atoms with Gasteiger partial charge in [0.1, 0.15) is 5.82 Å². The van der Waals surface area contributed by atoms with Crippen LogP contribution in [0.4, 0.5) is 11.5 Å². The monoisotopic (exact) mass is 324 g/mol. The smallest absolute Gasteiger partial charge is 0.130 e. The van der Waals surface area contributed by atoms with Gasteiger partial charge in [-0.25, -0.2) is 4.98 Å². The van der Waals surface area contributed by atoms with Crippen molar-refractivity contribution in [2.75, 3.05) is 11.2 Å². The van der Waals surface area contributed by atoms with Crippen LogP contribution in [0.3, 0.4) is 0 Å². The number of halogens is 2. The van der Waals surface area contributed by atoms with E-state index in [9.17, 15) is 0 Å². The van der Waals surface area contributed by atoms with Gasteiger partial charge in [0.2, 0.25) is 0 Å². The van der Waals surface area contributed by atoms with Crippen LogP contribution in [-0.4, -0.2) is 10.9 Å². The van der Waals surface area contributed by atoms with Gasteiger partial charge in [0.05, 0.1) is 5.69 Å². The van der Waals surface area contributed by atoms with Crippen LogP contribution < -0.4 is 5.32 Å². The second kappa shape index (κ2) is 6.21. The van der Waals surface area contributed by atoms with E-state index in [1.807, 2.05) is 31.2 Å². The molecule has 0 atom stereocenters. The van der Waals surface area contributed by atoms with Crippen LogP contribution in [0.15, 0.2) is 40.9 Å². The molecule has 2 nitrogen and oxygen atoms in total. The second-order valence-corrected chi connectivity index (χ2v) is 5.26. The van der Waals surface area contributed by atoms with Gasteiger partial charge >= 0.3 is 0 Å². The minimum Gasteiger partial charge on any atom is -0.340 e. The van der Waals surface area contributed by atoms with Gasteiger partial charge in [-0.05, 0) is 59.1 Å². The molecule has 1 aromatic heterocycles. The molecule has 0 aliphatic rings. The minimum atomic E-state index is 0.653. The van der Waals surface area contributed by atoms with Crippen LogP contribution in [0.2, 0.25) is 0 Å². The van der Waals surface area contributed by atoms with Crippen molar-refractivity contribution in [3.05, 3.63) is 52.1 Å². The van der Waals surface area contributed by atoms with Crippen LogP contribution in [0.1, 0.15) is 11.3 Å². The fourth-order valence-corrected chi connectivity index (χ4v) is 2.06. The Hall–Kier alpha value is -1.06. The Morgan fingerprint density at radius 1 is 1.17 bits per heavy atom. The molecular formula is C14H14BrClN2. The summed E-state index contributed by atoms with van der Waals surface area (Å²) < 4.78 is 1.02. The average Bonchev–Trinajstić information content (AvgIpc) is 2.37. The van der Waals surface area contributed by atoms with Crippen molar-refractivity contribution in [2.45, 2.75) is 13.3 Å². The SMILES string of the molecule is Cc1nc(Nc2ccc(CCCl)cc2)ccc1Br. The highest BCUT2D eigenvalue weighted by molar-refractivity contribution is 9.10. The Balaban J connectivity index is 2.10. The number of alkyl halides is 1. The summed E-state index contributed by atoms with van der Waals surface area (Å²) >= 11 is 9.15. The Labute approximate surface area is 121 Å². The van der Waals surface area contributed by atoms with Crippen molar-refractivity contribution in [2.24, 2.45) is 0 Å². The molecule has 2 aromatic rings. The second-order valence-electron chi connectivity index (χ2n) is 4.02. The fraction of sp³-hybridized carbons (Fsp3) is 0.214. The number of nitrogens with one attached hydrogen (secondary N) is 1. The van der Waals surface area contributed by atoms with E-state index in [1.54, 1.807) is 0 Å². The highest BCUT2D eigenvalue weighted by Gasteiger charge is 2.00. The number of hydrogen-bond acceptors (Lipinski definition) is 2. The summed E-state index contributed by atoms with van der Waals surface area (Å²) in [5.41, 5.74) is 3.25. The molecule has 0 unspecified atom stereocenters. The fourth-order valence-electron chi connectivity index (χ4n) is 1.63. The molecule has 0 spiro atoms. The molecule has 0 aliphatic heterocycles. The molecule has 2 rings (SSSR count). The zero-order valence-corrected chi connectivity index (χ0v) is 12.4. The Morgan fingerprint density at radius 2 is 1.89 bits per heavy atom. The van der Waals surface area contributed by atoms with Gasteiger partial charge in [0.15, 0.2) is 0 Å². The third kappa shape index (κ3) is 3.47. The lowest BCUT2D eigenvalue weighted by atomic mass is 10.1. The molecule has 0 aliphatic carbocycles. The van der Waals surface area contributed by atoms with Crippen molar-refractivity contribution in [1.82, 2.24) is 4.98 Å². The summed E-state index contributed by atoms with van der Waals surface area (Å²) in [4.78, 5) is 4.45. The zero-order chi connectivity index (χ0) is 13.0. The quantitative estimate of drug-likeness (QED) is 0.826. The van der Waals surface area contributed by atoms with Crippen molar-refractivity contribution in [1.29, 1.82) is 0 Å². The Morgan fingerprint density at radius 3 is 2.50 bits per heavy atom. The number of aryl methyl sites for hydroxylation is 2. The largest absolute Gasteiger partial charge is 0.340 e. The van der Waals surface area contributed by atoms with Gasteiger partial charge in [-0.3, -0.25) is 0 Å². The number of benzene rings is 1. The first kappa shape index (κ1) is 13.4. The lowest BCUT2D eigenvalue weighted by Gasteiger charge is -2.08. The van der Waals surface area contributed by atoms with E-state index in [4.69, 9.17) is 11.6 Å². The lowest BCUT2D eigenvalue weighted by molar-refractivity contribution is 1.15. The van der Waals surface area contributed by atoms with E-state index in [2.05, 4.69) is 38.4 Å². The molecule has 0 radical (unpaired) electrons. The van der Waals surface area contributed by atoms with E-state index >= 15 is 0 Å². The van der Waals surface area contributed by atoms with Crippen molar-refractivity contribution in [3.63, 3.8) is 0 Å². The first-order valence-electron chi connectivity index (χ1n) is 5.74. The summed E-state index contributed by atoms with van der Waals surface area (Å²) in [5.74, 6) is 1.50. The number of pyridine rings is 1. The summed E-state index contributed by atoms with van der Waals surface area (Å²) in [6, 6.07) is 12.2. The van der Waals surface area contributed by atoms with Gasteiger partial charge in [0.25, 0.3) is 0 Å². The average molecular weight is 326 g/mol. The Kier molecular flexibility index (Phi) is 4.61. The molecule has 0 saturated carbocycles. The summed E-state index contributed by atoms with van der Waals surface area (Å²) in [6.07, 6.45) is 0.900. The van der Waals surface area contributed by atoms with Gasteiger partial charge < -0.3 is 5.32 Å². The van der Waals surface area contributed by atoms with Crippen LogP contribution in [0, 0.1) is 6.92 Å². The van der Waals surface area contributed by atoms with E-state index < -0.39 is 0 Å². The molecule has 1 heterocycles. The van der Waals surface area contributed by atoms with Crippen molar-refractivity contribution >= 4 is 39.0 Å². The normalized spacial score (nSPS) is 10.4. The van der Waals surface area contributed by atoms with Crippen LogP contribution in [0.25, 0.3) is 0 Å². The van der Waals surface area contributed by atoms with E-state index in [-0.39, 0.29) is 0 Å². The third-order valence-electron chi connectivity index (χ3n) is 2.63. The van der Waals surface area contributed by atoms with Gasteiger partial charge in [-0.15, -0.1) is 11.6 Å². The maximum Gasteiger partial charge on any atom is 0.130 e. The first-order valence-corrected chi connectivity index (χ1v) is 7.07. The molecule has 1 N–H and O–H groups in total. The van der Waals surface area contributed by atoms with Crippen LogP contribution in [-0.2, 0) is 6.42 Å². The predicted molar refractivity (Wildman–Crippen MR) is 80.8 cm³/mol. The van der Waals surface area contributed by atoms with E-state index in [0.717, 1.165) is 28.1 Å². The maximum atomic E-state index is 5.71. The molecule has 1 aromatic carbocycles. The number of nitrogens with zero attached hydrogens (tertiary/aromatic N) is 1. The van der Waals surface area contributed by atoms with Crippen LogP contribution >= 0.6 is 27.5 Å². The lowest BCUT2D eigenvalue weighted by Crippen LogP contribution is -1.95. The van der Waals surface area contributed by atoms with Gasteiger partial charge in [-0.1, -0.05) is 12.1 Å². The number of aromatic nitrogens is 1. The van der Waals surface area contributed by atoms with Crippen molar-refractivity contribution < 1.29 is 0 Å². The molecule has 94 valence electrons. The third-order valence-corrected chi connectivity index (χ3v) is 3.66. The minimum absolute atomic E-state index is 0.653. The molecule has 0 amide bonds.